The van der Waals surface area contributed by atoms with Gasteiger partial charge in [0, 0.05) is 35.9 Å². The summed E-state index contributed by atoms with van der Waals surface area (Å²) < 4.78 is 61.0. The molecule has 0 saturated heterocycles. The summed E-state index contributed by atoms with van der Waals surface area (Å²) in [6.07, 6.45) is 5.66. The van der Waals surface area contributed by atoms with Gasteiger partial charge in [0.25, 0.3) is 11.8 Å². The summed E-state index contributed by atoms with van der Waals surface area (Å²) in [6, 6.07) is 5.79. The summed E-state index contributed by atoms with van der Waals surface area (Å²) in [4.78, 5) is 29.9. The van der Waals surface area contributed by atoms with Crippen molar-refractivity contribution in [1.82, 2.24) is 31.7 Å². The number of hydrogen-bond donors (Lipinski definition) is 4. The third kappa shape index (κ3) is 14.8. The predicted molar refractivity (Wildman–Crippen MR) is 105 cm³/mol. The Morgan fingerprint density at radius 2 is 1.00 bits per heavy atom. The number of pyridine rings is 2. The normalized spacial score (nSPS) is 10.6. The minimum Gasteiger partial charge on any atom is -0.747 e. The van der Waals surface area contributed by atoms with E-state index in [0.29, 0.717) is 11.1 Å². The van der Waals surface area contributed by atoms with E-state index in [1.54, 1.807) is 0 Å². The molecule has 14 nitrogen and oxygen atoms in total. The molecular formula is C14H16CaN6O8S2. The van der Waals surface area contributed by atoms with Gasteiger partial charge in [-0.25, -0.2) is 27.7 Å². The average Bonchev–Trinajstić information content (AvgIpc) is 2.68. The van der Waals surface area contributed by atoms with E-state index in [2.05, 4.69) is 20.8 Å². The molecule has 4 N–H and O–H groups in total. The number of nitrogens with one attached hydrogen (secondary N) is 4. The van der Waals surface area contributed by atoms with Crippen LogP contribution < -0.4 is 21.7 Å². The Kier molecular flexibility index (Phi) is 13.5. The Labute approximate surface area is 207 Å². The van der Waals surface area contributed by atoms with E-state index in [9.17, 15) is 35.5 Å². The molecule has 2 amide bonds. The number of hydrazine groups is 2. The van der Waals surface area contributed by atoms with Crippen molar-refractivity contribution >= 4 is 69.8 Å². The van der Waals surface area contributed by atoms with Gasteiger partial charge in [0.2, 0.25) is 0 Å². The van der Waals surface area contributed by atoms with Gasteiger partial charge in [0.05, 0.1) is 0 Å². The Balaban J connectivity index is 0.000000562. The molecule has 31 heavy (non-hydrogen) atoms. The van der Waals surface area contributed by atoms with Crippen LogP contribution >= 0.6 is 0 Å². The van der Waals surface area contributed by atoms with Gasteiger partial charge in [-0.2, -0.15) is 0 Å². The Bertz CT molecular complexity index is 953. The molecular weight excluding hydrogens is 484 g/mol. The third-order valence-electron chi connectivity index (χ3n) is 2.79. The van der Waals surface area contributed by atoms with Crippen molar-refractivity contribution in [2.24, 2.45) is 0 Å². The van der Waals surface area contributed by atoms with Crippen LogP contribution in [0, 0.1) is 0 Å². The Hall–Kier alpha value is -1.76. The van der Waals surface area contributed by atoms with E-state index in [1.807, 2.05) is 10.9 Å². The predicted octanol–water partition coefficient (Wildman–Crippen LogP) is -2.74. The number of rotatable bonds is 8. The van der Waals surface area contributed by atoms with Gasteiger partial charge < -0.3 is 9.11 Å². The van der Waals surface area contributed by atoms with Crippen molar-refractivity contribution in [2.45, 2.75) is 0 Å². The van der Waals surface area contributed by atoms with Crippen LogP contribution in [0.4, 0.5) is 0 Å². The van der Waals surface area contributed by atoms with Crippen LogP contribution in [0.3, 0.4) is 0 Å². The molecule has 0 aromatic carbocycles. The topological polar surface area (TPSA) is 222 Å². The third-order valence-corrected chi connectivity index (χ3v) is 3.78. The number of hydrogen-bond acceptors (Lipinski definition) is 12. The Morgan fingerprint density at radius 1 is 0.710 bits per heavy atom. The maximum Gasteiger partial charge on any atom is 2.00 e. The maximum atomic E-state index is 11.2. The standard InChI is InChI=1S/2C7H9N3O4S.Ca/c2*11-7(6-1-3-8-4-2-6)10-9-5-15(12,13)14;/h2*1-4,9H,5H2,(H,10,11)(H,12,13,14);/q;;+2/p-2. The summed E-state index contributed by atoms with van der Waals surface area (Å²) in [5.41, 5.74) is 8.74. The van der Waals surface area contributed by atoms with Crippen LogP contribution in [-0.2, 0) is 20.2 Å². The van der Waals surface area contributed by atoms with E-state index in [0.717, 1.165) is 0 Å². The number of carbonyl (C=O) groups is 2. The van der Waals surface area contributed by atoms with Gasteiger partial charge in [0.1, 0.15) is 32.0 Å². The van der Waals surface area contributed by atoms with Crippen molar-refractivity contribution in [1.29, 1.82) is 0 Å². The van der Waals surface area contributed by atoms with Crippen LogP contribution in [-0.4, -0.2) is 97.2 Å². The first-order valence-corrected chi connectivity index (χ1v) is 10.9. The molecule has 0 spiro atoms. The molecule has 0 unspecified atom stereocenters. The molecule has 2 aromatic rings. The second-order valence-corrected chi connectivity index (χ2v) is 7.95. The van der Waals surface area contributed by atoms with Crippen molar-refractivity contribution in [3.63, 3.8) is 0 Å². The first-order chi connectivity index (χ1) is 14.0. The molecule has 17 heteroatoms. The quantitative estimate of drug-likeness (QED) is 0.165. The van der Waals surface area contributed by atoms with Crippen molar-refractivity contribution in [2.75, 3.05) is 11.8 Å². The molecule has 0 aliphatic carbocycles. The van der Waals surface area contributed by atoms with Crippen molar-refractivity contribution in [3.05, 3.63) is 60.2 Å². The molecule has 2 aromatic heterocycles. The average molecular weight is 501 g/mol. The SMILES string of the molecule is O=C(NNCS(=O)(=O)[O-])c1ccncc1.O=C(NNCS(=O)(=O)[O-])c1ccncc1.[Ca+2]. The van der Waals surface area contributed by atoms with Crippen LogP contribution in [0.1, 0.15) is 20.7 Å². The summed E-state index contributed by atoms with van der Waals surface area (Å²) >= 11 is 0. The fourth-order valence-corrected chi connectivity index (χ4v) is 2.06. The van der Waals surface area contributed by atoms with Crippen molar-refractivity contribution < 1.29 is 35.5 Å². The number of carbonyl (C=O) groups excluding carboxylic acids is 2. The van der Waals surface area contributed by atoms with Crippen LogP contribution in [0.5, 0.6) is 0 Å². The summed E-state index contributed by atoms with van der Waals surface area (Å²) in [5.74, 6) is -2.80. The van der Waals surface area contributed by atoms with Gasteiger partial charge in [-0.3, -0.25) is 30.4 Å². The van der Waals surface area contributed by atoms with Gasteiger partial charge >= 0.3 is 37.7 Å². The zero-order valence-electron chi connectivity index (χ0n) is 15.7. The second kappa shape index (κ2) is 14.3. The largest absolute Gasteiger partial charge is 2.00 e. The number of nitrogens with zero attached hydrogens (tertiary/aromatic N) is 2. The number of amides is 2. The minimum absolute atomic E-state index is 0. The first-order valence-electron chi connectivity index (χ1n) is 7.71. The van der Waals surface area contributed by atoms with Crippen LogP contribution in [0.2, 0.25) is 0 Å². The summed E-state index contributed by atoms with van der Waals surface area (Å²) in [5, 5.41) is 0. The molecule has 2 rings (SSSR count). The zero-order chi connectivity index (χ0) is 22.6. The second-order valence-electron chi connectivity index (χ2n) is 5.14. The van der Waals surface area contributed by atoms with Gasteiger partial charge in [-0.05, 0) is 24.3 Å². The molecule has 0 saturated carbocycles. The van der Waals surface area contributed by atoms with E-state index in [-0.39, 0.29) is 37.7 Å². The van der Waals surface area contributed by atoms with E-state index in [1.165, 1.54) is 49.1 Å². The first kappa shape index (κ1) is 29.2. The molecule has 0 radical (unpaired) electrons. The molecule has 0 aliphatic heterocycles. The molecule has 0 fully saturated rings. The fraction of sp³-hybridized carbons (Fsp3) is 0.143. The van der Waals surface area contributed by atoms with Crippen LogP contribution in [0.15, 0.2) is 49.1 Å². The Morgan fingerprint density at radius 3 is 1.26 bits per heavy atom. The van der Waals surface area contributed by atoms with Gasteiger partial charge in [0.15, 0.2) is 0 Å². The molecule has 2 heterocycles. The van der Waals surface area contributed by atoms with Gasteiger partial charge in [-0.1, -0.05) is 0 Å². The van der Waals surface area contributed by atoms with E-state index in [4.69, 9.17) is 0 Å². The maximum absolute atomic E-state index is 11.2. The molecule has 0 bridgehead atoms. The monoisotopic (exact) mass is 500 g/mol. The summed E-state index contributed by atoms with van der Waals surface area (Å²) in [7, 11) is -8.78. The van der Waals surface area contributed by atoms with E-state index >= 15 is 0 Å². The molecule has 0 aliphatic rings. The summed E-state index contributed by atoms with van der Waals surface area (Å²) in [6.45, 7) is 0. The molecule has 0 atom stereocenters. The fourth-order valence-electron chi connectivity index (χ4n) is 1.56. The zero-order valence-corrected chi connectivity index (χ0v) is 19.6. The number of aromatic nitrogens is 2. The van der Waals surface area contributed by atoms with E-state index < -0.39 is 43.8 Å². The smallest absolute Gasteiger partial charge is 0.747 e. The minimum atomic E-state index is -4.39. The van der Waals surface area contributed by atoms with Crippen molar-refractivity contribution in [3.8, 4) is 0 Å². The molecule has 164 valence electrons. The van der Waals surface area contributed by atoms with Gasteiger partial charge in [-0.15, -0.1) is 0 Å². The van der Waals surface area contributed by atoms with Crippen LogP contribution in [0.25, 0.3) is 0 Å².